The number of nitrogens with zero attached hydrogens (tertiary/aromatic N) is 1. The van der Waals surface area contributed by atoms with Gasteiger partial charge in [-0.05, 0) is 12.1 Å². The quantitative estimate of drug-likeness (QED) is 0.478. The first-order valence-electron chi connectivity index (χ1n) is 5.47. The summed E-state index contributed by atoms with van der Waals surface area (Å²) < 4.78 is 5.73. The topological polar surface area (TPSA) is 52.4 Å². The van der Waals surface area contributed by atoms with Crippen molar-refractivity contribution in [3.63, 3.8) is 0 Å². The molecule has 0 unspecified atom stereocenters. The summed E-state index contributed by atoms with van der Waals surface area (Å²) in [5.74, 6) is 1.21. The summed E-state index contributed by atoms with van der Waals surface area (Å²) in [6.07, 6.45) is 3.83. The molecule has 0 bridgehead atoms. The Morgan fingerprint density at radius 1 is 0.944 bits per heavy atom. The molecule has 4 heteroatoms. The third kappa shape index (κ3) is 1.73. The lowest BCUT2D eigenvalue weighted by molar-refractivity contribution is -0.384. The second kappa shape index (κ2) is 4.00. The van der Waals surface area contributed by atoms with Gasteiger partial charge >= 0.3 is 0 Å². The molecule has 18 heavy (non-hydrogen) atoms. The van der Waals surface area contributed by atoms with Crippen LogP contribution < -0.4 is 4.74 Å². The van der Waals surface area contributed by atoms with Crippen molar-refractivity contribution in [1.82, 2.24) is 0 Å². The molecule has 1 aliphatic heterocycles. The van der Waals surface area contributed by atoms with Crippen LogP contribution in [-0.4, -0.2) is 4.92 Å². The Morgan fingerprint density at radius 2 is 1.67 bits per heavy atom. The van der Waals surface area contributed by atoms with Crippen molar-refractivity contribution in [3.8, 4) is 11.5 Å². The Balaban J connectivity index is 2.13. The maximum atomic E-state index is 10.8. The van der Waals surface area contributed by atoms with E-state index in [1.807, 2.05) is 36.4 Å². The average molecular weight is 239 g/mol. The molecule has 1 aliphatic rings. The van der Waals surface area contributed by atoms with Crippen LogP contribution in [0.15, 0.2) is 42.5 Å². The number of nitro groups is 1. The largest absolute Gasteiger partial charge is 0.456 e. The van der Waals surface area contributed by atoms with E-state index in [2.05, 4.69) is 0 Å². The molecule has 0 N–H and O–H groups in total. The van der Waals surface area contributed by atoms with E-state index in [4.69, 9.17) is 4.74 Å². The number of hydrogen-bond donors (Lipinski definition) is 0. The van der Waals surface area contributed by atoms with Crippen molar-refractivity contribution in [1.29, 1.82) is 0 Å². The van der Waals surface area contributed by atoms with Gasteiger partial charge in [0.15, 0.2) is 0 Å². The number of nitro benzene ring substituents is 1. The van der Waals surface area contributed by atoms with Gasteiger partial charge in [0.2, 0.25) is 0 Å². The SMILES string of the molecule is O=[N+]([O-])c1ccc2c(c1)Oc1ccccc1C=C2. The van der Waals surface area contributed by atoms with Gasteiger partial charge < -0.3 is 4.74 Å². The van der Waals surface area contributed by atoms with Gasteiger partial charge in [0.05, 0.1) is 11.0 Å². The monoisotopic (exact) mass is 239 g/mol. The van der Waals surface area contributed by atoms with Crippen LogP contribution in [-0.2, 0) is 0 Å². The minimum absolute atomic E-state index is 0.0292. The normalized spacial score (nSPS) is 12.0. The third-order valence-electron chi connectivity index (χ3n) is 2.79. The summed E-state index contributed by atoms with van der Waals surface area (Å²) in [4.78, 5) is 10.3. The predicted octanol–water partition coefficient (Wildman–Crippen LogP) is 3.87. The Hall–Kier alpha value is -2.62. The molecule has 0 saturated heterocycles. The average Bonchev–Trinajstić information content (AvgIpc) is 2.56. The maximum absolute atomic E-state index is 10.8. The van der Waals surface area contributed by atoms with Crippen LogP contribution in [0.5, 0.6) is 11.5 Å². The third-order valence-corrected chi connectivity index (χ3v) is 2.79. The van der Waals surface area contributed by atoms with E-state index in [0.29, 0.717) is 11.5 Å². The van der Waals surface area contributed by atoms with E-state index in [0.717, 1.165) is 11.1 Å². The number of non-ortho nitro benzene ring substituents is 1. The first-order valence-corrected chi connectivity index (χ1v) is 5.47. The lowest BCUT2D eigenvalue weighted by Crippen LogP contribution is -1.91. The molecule has 0 amide bonds. The molecular weight excluding hydrogens is 230 g/mol. The summed E-state index contributed by atoms with van der Waals surface area (Å²) in [5, 5.41) is 10.8. The number of benzene rings is 2. The molecule has 0 radical (unpaired) electrons. The van der Waals surface area contributed by atoms with Crippen LogP contribution in [0.2, 0.25) is 0 Å². The van der Waals surface area contributed by atoms with E-state index in [-0.39, 0.29) is 5.69 Å². The molecular formula is C14H9NO3. The standard InChI is InChI=1S/C14H9NO3/c16-15(17)12-8-7-11-6-5-10-3-1-2-4-13(10)18-14(11)9-12/h1-9H. The van der Waals surface area contributed by atoms with Crippen LogP contribution in [0.25, 0.3) is 12.2 Å². The molecule has 0 fully saturated rings. The summed E-state index contributed by atoms with van der Waals surface area (Å²) in [6, 6.07) is 12.2. The molecule has 2 aromatic carbocycles. The Kier molecular flexibility index (Phi) is 2.34. The fourth-order valence-electron chi connectivity index (χ4n) is 1.87. The predicted molar refractivity (Wildman–Crippen MR) is 68.5 cm³/mol. The molecule has 2 aromatic rings. The zero-order valence-corrected chi connectivity index (χ0v) is 9.37. The highest BCUT2D eigenvalue weighted by molar-refractivity contribution is 5.78. The highest BCUT2D eigenvalue weighted by Gasteiger charge is 2.14. The number of ether oxygens (including phenoxy) is 1. The summed E-state index contributed by atoms with van der Waals surface area (Å²) in [7, 11) is 0. The van der Waals surface area contributed by atoms with Crippen molar-refractivity contribution < 1.29 is 9.66 Å². The second-order valence-corrected chi connectivity index (χ2v) is 3.95. The number of para-hydroxylation sites is 1. The van der Waals surface area contributed by atoms with Crippen molar-refractivity contribution in [3.05, 3.63) is 63.7 Å². The van der Waals surface area contributed by atoms with Gasteiger partial charge in [-0.2, -0.15) is 0 Å². The van der Waals surface area contributed by atoms with Gasteiger partial charge in [0.1, 0.15) is 11.5 Å². The van der Waals surface area contributed by atoms with Crippen LogP contribution in [0.4, 0.5) is 5.69 Å². The second-order valence-electron chi connectivity index (χ2n) is 3.95. The molecule has 88 valence electrons. The first kappa shape index (κ1) is 10.5. The van der Waals surface area contributed by atoms with Gasteiger partial charge in [-0.15, -0.1) is 0 Å². The highest BCUT2D eigenvalue weighted by atomic mass is 16.6. The molecule has 3 rings (SSSR count). The zero-order valence-electron chi connectivity index (χ0n) is 9.37. The van der Waals surface area contributed by atoms with Crippen LogP contribution in [0.3, 0.4) is 0 Å². The fraction of sp³-hybridized carbons (Fsp3) is 0. The molecule has 0 spiro atoms. The van der Waals surface area contributed by atoms with Gasteiger partial charge in [-0.1, -0.05) is 30.4 Å². The van der Waals surface area contributed by atoms with E-state index in [1.165, 1.54) is 12.1 Å². The molecule has 4 nitrogen and oxygen atoms in total. The smallest absolute Gasteiger partial charge is 0.273 e. The van der Waals surface area contributed by atoms with Crippen molar-refractivity contribution >= 4 is 17.8 Å². The van der Waals surface area contributed by atoms with E-state index >= 15 is 0 Å². The maximum Gasteiger partial charge on any atom is 0.273 e. The Labute approximate surface area is 103 Å². The van der Waals surface area contributed by atoms with Crippen molar-refractivity contribution in [2.45, 2.75) is 0 Å². The van der Waals surface area contributed by atoms with Crippen molar-refractivity contribution in [2.24, 2.45) is 0 Å². The summed E-state index contributed by atoms with van der Waals surface area (Å²) >= 11 is 0. The first-order chi connectivity index (χ1) is 8.74. The number of rotatable bonds is 1. The lowest BCUT2D eigenvalue weighted by Gasteiger charge is -2.08. The lowest BCUT2D eigenvalue weighted by atomic mass is 10.1. The van der Waals surface area contributed by atoms with Gasteiger partial charge in [0.25, 0.3) is 5.69 Å². The number of fused-ring (bicyclic) bond motifs is 2. The molecule has 0 saturated carbocycles. The minimum Gasteiger partial charge on any atom is -0.456 e. The summed E-state index contributed by atoms with van der Waals surface area (Å²) in [5.41, 5.74) is 1.81. The van der Waals surface area contributed by atoms with Crippen LogP contribution in [0.1, 0.15) is 11.1 Å². The number of hydrogen-bond acceptors (Lipinski definition) is 3. The molecule has 0 atom stereocenters. The van der Waals surface area contributed by atoms with Crippen LogP contribution >= 0.6 is 0 Å². The van der Waals surface area contributed by atoms with Gasteiger partial charge in [0, 0.05) is 17.2 Å². The Bertz CT molecular complexity index is 662. The Morgan fingerprint density at radius 3 is 2.44 bits per heavy atom. The van der Waals surface area contributed by atoms with Gasteiger partial charge in [-0.25, -0.2) is 0 Å². The van der Waals surface area contributed by atoms with E-state index in [1.54, 1.807) is 6.07 Å². The van der Waals surface area contributed by atoms with Crippen molar-refractivity contribution in [2.75, 3.05) is 0 Å². The highest BCUT2D eigenvalue weighted by Crippen LogP contribution is 2.35. The fourth-order valence-corrected chi connectivity index (χ4v) is 1.87. The molecule has 0 aromatic heterocycles. The van der Waals surface area contributed by atoms with Gasteiger partial charge in [-0.3, -0.25) is 10.1 Å². The van der Waals surface area contributed by atoms with Crippen LogP contribution in [0, 0.1) is 10.1 Å². The minimum atomic E-state index is -0.426. The summed E-state index contributed by atoms with van der Waals surface area (Å²) in [6.45, 7) is 0. The van der Waals surface area contributed by atoms with E-state index < -0.39 is 4.92 Å². The zero-order chi connectivity index (χ0) is 12.5. The molecule has 1 heterocycles. The van der Waals surface area contributed by atoms with E-state index in [9.17, 15) is 10.1 Å². The molecule has 0 aliphatic carbocycles.